The van der Waals surface area contributed by atoms with Crippen LogP contribution in [0.25, 0.3) is 33.2 Å². The van der Waals surface area contributed by atoms with Gasteiger partial charge < -0.3 is 0 Å². The molecule has 5 rings (SSSR count). The minimum atomic E-state index is 0.912. The first kappa shape index (κ1) is 13.9. The van der Waals surface area contributed by atoms with E-state index >= 15 is 0 Å². The SMILES string of the molecule is BrC1=CC(c2nc3c(nc4ccccn43)c3ccccc23)=CCC1. The van der Waals surface area contributed by atoms with Crippen LogP contribution in [0.3, 0.4) is 0 Å². The number of pyridine rings is 2. The summed E-state index contributed by atoms with van der Waals surface area (Å²) in [5, 5.41) is 2.30. The molecule has 0 fully saturated rings. The molecule has 0 saturated heterocycles. The maximum atomic E-state index is 5.02. The van der Waals surface area contributed by atoms with Crippen LogP contribution in [-0.2, 0) is 0 Å². The summed E-state index contributed by atoms with van der Waals surface area (Å²) in [5.74, 6) is 0. The monoisotopic (exact) mass is 375 g/mol. The van der Waals surface area contributed by atoms with Crippen molar-refractivity contribution in [2.45, 2.75) is 12.8 Å². The second-order valence-corrected chi connectivity index (χ2v) is 7.03. The molecule has 3 heterocycles. The maximum Gasteiger partial charge on any atom is 0.165 e. The number of rotatable bonds is 1. The van der Waals surface area contributed by atoms with Gasteiger partial charge in [0.25, 0.3) is 0 Å². The Morgan fingerprint density at radius 2 is 1.79 bits per heavy atom. The van der Waals surface area contributed by atoms with Gasteiger partial charge in [0.05, 0.1) is 5.69 Å². The Labute approximate surface area is 147 Å². The van der Waals surface area contributed by atoms with E-state index in [0.717, 1.165) is 46.1 Å². The van der Waals surface area contributed by atoms with Crippen molar-refractivity contribution >= 4 is 49.1 Å². The van der Waals surface area contributed by atoms with Crippen molar-refractivity contribution < 1.29 is 0 Å². The third-order valence-electron chi connectivity index (χ3n) is 4.49. The second-order valence-electron chi connectivity index (χ2n) is 6.01. The summed E-state index contributed by atoms with van der Waals surface area (Å²) in [4.78, 5) is 9.82. The molecule has 116 valence electrons. The first-order valence-corrected chi connectivity index (χ1v) is 8.83. The van der Waals surface area contributed by atoms with Crippen LogP contribution in [0.5, 0.6) is 0 Å². The summed E-state index contributed by atoms with van der Waals surface area (Å²) in [5.41, 5.74) is 5.00. The van der Waals surface area contributed by atoms with Gasteiger partial charge in [0.2, 0.25) is 0 Å². The number of fused-ring (bicyclic) bond motifs is 5. The van der Waals surface area contributed by atoms with Crippen LogP contribution in [0.1, 0.15) is 18.5 Å². The fourth-order valence-corrected chi connectivity index (χ4v) is 3.86. The predicted octanol–water partition coefficient (Wildman–Crippen LogP) is 5.49. The molecule has 0 atom stereocenters. The van der Waals surface area contributed by atoms with Gasteiger partial charge in [-0.15, -0.1) is 0 Å². The van der Waals surface area contributed by atoms with Crippen molar-refractivity contribution in [2.75, 3.05) is 0 Å². The summed E-state index contributed by atoms with van der Waals surface area (Å²) in [6, 6.07) is 14.4. The molecular weight excluding hydrogens is 362 g/mol. The van der Waals surface area contributed by atoms with Crippen molar-refractivity contribution in [2.24, 2.45) is 0 Å². The fourth-order valence-electron chi connectivity index (χ4n) is 3.38. The lowest BCUT2D eigenvalue weighted by molar-refractivity contribution is 1.03. The third-order valence-corrected chi connectivity index (χ3v) is 5.12. The number of nitrogens with zero attached hydrogens (tertiary/aromatic N) is 3. The van der Waals surface area contributed by atoms with Gasteiger partial charge in [0, 0.05) is 17.0 Å². The highest BCUT2D eigenvalue weighted by Crippen LogP contribution is 2.34. The van der Waals surface area contributed by atoms with Gasteiger partial charge >= 0.3 is 0 Å². The first-order valence-electron chi connectivity index (χ1n) is 8.03. The summed E-state index contributed by atoms with van der Waals surface area (Å²) in [7, 11) is 0. The van der Waals surface area contributed by atoms with Crippen molar-refractivity contribution in [3.8, 4) is 0 Å². The molecule has 1 aliphatic rings. The Balaban J connectivity index is 1.95. The van der Waals surface area contributed by atoms with Crippen LogP contribution in [0.2, 0.25) is 0 Å². The van der Waals surface area contributed by atoms with Crippen LogP contribution >= 0.6 is 15.9 Å². The zero-order valence-electron chi connectivity index (χ0n) is 12.9. The van der Waals surface area contributed by atoms with Gasteiger partial charge in [0.15, 0.2) is 5.65 Å². The van der Waals surface area contributed by atoms with Gasteiger partial charge in [-0.05, 0) is 41.1 Å². The molecule has 0 radical (unpaired) electrons. The largest absolute Gasteiger partial charge is 0.284 e. The Morgan fingerprint density at radius 1 is 0.958 bits per heavy atom. The van der Waals surface area contributed by atoms with Crippen molar-refractivity contribution in [1.82, 2.24) is 14.4 Å². The van der Waals surface area contributed by atoms with E-state index in [1.807, 2.05) is 24.4 Å². The molecule has 1 aromatic carbocycles. The van der Waals surface area contributed by atoms with Crippen molar-refractivity contribution in [3.63, 3.8) is 0 Å². The number of hydrogen-bond acceptors (Lipinski definition) is 2. The van der Waals surface area contributed by atoms with Crippen LogP contribution < -0.4 is 0 Å². The predicted molar refractivity (Wildman–Crippen MR) is 102 cm³/mol. The van der Waals surface area contributed by atoms with Gasteiger partial charge in [-0.3, -0.25) is 4.40 Å². The lowest BCUT2D eigenvalue weighted by Gasteiger charge is -2.12. The second kappa shape index (κ2) is 5.28. The Kier molecular flexibility index (Phi) is 3.06. The van der Waals surface area contributed by atoms with Crippen LogP contribution in [0, 0.1) is 0 Å². The van der Waals surface area contributed by atoms with E-state index in [2.05, 4.69) is 56.7 Å². The molecule has 0 amide bonds. The Morgan fingerprint density at radius 3 is 2.67 bits per heavy atom. The van der Waals surface area contributed by atoms with E-state index in [-0.39, 0.29) is 0 Å². The molecule has 3 aromatic heterocycles. The van der Waals surface area contributed by atoms with Crippen LogP contribution in [0.15, 0.2) is 65.3 Å². The molecule has 0 N–H and O–H groups in total. The third kappa shape index (κ3) is 2.03. The fraction of sp³-hybridized carbons (Fsp3) is 0.100. The number of hydrogen-bond donors (Lipinski definition) is 0. The minimum Gasteiger partial charge on any atom is -0.284 e. The highest BCUT2D eigenvalue weighted by atomic mass is 79.9. The lowest BCUT2D eigenvalue weighted by Crippen LogP contribution is -1.96. The van der Waals surface area contributed by atoms with Gasteiger partial charge in [-0.1, -0.05) is 52.3 Å². The van der Waals surface area contributed by atoms with Crippen LogP contribution in [-0.4, -0.2) is 14.4 Å². The summed E-state index contributed by atoms with van der Waals surface area (Å²) in [6.07, 6.45) is 8.58. The van der Waals surface area contributed by atoms with Crippen molar-refractivity contribution in [3.05, 3.63) is 71.0 Å². The molecule has 0 spiro atoms. The molecule has 4 aromatic rings. The number of halogens is 1. The highest BCUT2D eigenvalue weighted by Gasteiger charge is 2.16. The van der Waals surface area contributed by atoms with Gasteiger partial charge in [-0.2, -0.15) is 0 Å². The normalized spacial score (nSPS) is 15.0. The topological polar surface area (TPSA) is 30.2 Å². The van der Waals surface area contributed by atoms with E-state index in [1.54, 1.807) is 0 Å². The molecule has 24 heavy (non-hydrogen) atoms. The Bertz CT molecular complexity index is 1170. The van der Waals surface area contributed by atoms with E-state index in [0.29, 0.717) is 0 Å². The molecule has 3 nitrogen and oxygen atoms in total. The zero-order valence-corrected chi connectivity index (χ0v) is 14.5. The minimum absolute atomic E-state index is 0.912. The highest BCUT2D eigenvalue weighted by molar-refractivity contribution is 9.11. The molecule has 0 bridgehead atoms. The van der Waals surface area contributed by atoms with Crippen molar-refractivity contribution in [1.29, 1.82) is 0 Å². The lowest BCUT2D eigenvalue weighted by atomic mass is 9.99. The molecule has 0 saturated carbocycles. The molecule has 4 heteroatoms. The molecular formula is C20H14BrN3. The zero-order chi connectivity index (χ0) is 16.1. The standard InChI is InChI=1S/C20H14BrN3/c21-14-7-5-6-13(12-14)18-15-8-1-2-9-16(15)19-20(23-18)24-11-4-3-10-17(24)22-19/h1-4,6,8-12H,5,7H2. The van der Waals surface area contributed by atoms with E-state index in [9.17, 15) is 0 Å². The Hall–Kier alpha value is -2.46. The summed E-state index contributed by atoms with van der Waals surface area (Å²) >= 11 is 3.65. The number of benzene rings is 1. The summed E-state index contributed by atoms with van der Waals surface area (Å²) in [6.45, 7) is 0. The number of imidazole rings is 1. The average molecular weight is 376 g/mol. The van der Waals surface area contributed by atoms with E-state index in [4.69, 9.17) is 9.97 Å². The summed E-state index contributed by atoms with van der Waals surface area (Å²) < 4.78 is 3.29. The van der Waals surface area contributed by atoms with Crippen LogP contribution in [0.4, 0.5) is 0 Å². The van der Waals surface area contributed by atoms with E-state index in [1.165, 1.54) is 10.1 Å². The smallest absolute Gasteiger partial charge is 0.165 e. The molecule has 0 aliphatic heterocycles. The first-order chi connectivity index (χ1) is 11.8. The number of aromatic nitrogens is 3. The van der Waals surface area contributed by atoms with Gasteiger partial charge in [-0.25, -0.2) is 9.97 Å². The molecule has 0 unspecified atom stereocenters. The van der Waals surface area contributed by atoms with Gasteiger partial charge in [0.1, 0.15) is 11.2 Å². The number of allylic oxidation sites excluding steroid dienone is 4. The maximum absolute atomic E-state index is 5.02. The quantitative estimate of drug-likeness (QED) is 0.440. The van der Waals surface area contributed by atoms with E-state index < -0.39 is 0 Å². The molecule has 1 aliphatic carbocycles. The average Bonchev–Trinajstić information content (AvgIpc) is 3.00.